The van der Waals surface area contributed by atoms with Crippen LogP contribution in [0.1, 0.15) is 11.3 Å². The van der Waals surface area contributed by atoms with E-state index in [4.69, 9.17) is 4.74 Å². The van der Waals surface area contributed by atoms with Crippen LogP contribution >= 0.6 is 11.3 Å². The fraction of sp³-hybridized carbons (Fsp3) is 0.333. The summed E-state index contributed by atoms with van der Waals surface area (Å²) in [4.78, 5) is 30.5. The molecule has 2 aliphatic rings. The fourth-order valence-corrected chi connectivity index (χ4v) is 4.27. The molecule has 152 valence electrons. The van der Waals surface area contributed by atoms with E-state index in [1.807, 2.05) is 17.5 Å². The Labute approximate surface area is 172 Å². The average molecular weight is 415 g/mol. The Kier molecular flexibility index (Phi) is 6.03. The quantitative estimate of drug-likeness (QED) is 0.705. The summed E-state index contributed by atoms with van der Waals surface area (Å²) >= 11 is 1.41. The molecule has 2 aromatic rings. The molecule has 1 N–H and O–H groups in total. The molecular weight excluding hydrogens is 393 g/mol. The van der Waals surface area contributed by atoms with Gasteiger partial charge in [-0.1, -0.05) is 6.07 Å². The van der Waals surface area contributed by atoms with Gasteiger partial charge in [0, 0.05) is 36.7 Å². The number of ether oxygens (including phenoxy) is 1. The highest BCUT2D eigenvalue weighted by molar-refractivity contribution is 7.11. The number of rotatable bonds is 7. The molecule has 0 unspecified atom stereocenters. The van der Waals surface area contributed by atoms with Gasteiger partial charge in [-0.15, -0.1) is 11.3 Å². The van der Waals surface area contributed by atoms with Crippen LogP contribution in [0.15, 0.2) is 47.5 Å². The predicted molar refractivity (Wildman–Crippen MR) is 110 cm³/mol. The van der Waals surface area contributed by atoms with Crippen molar-refractivity contribution in [1.82, 2.24) is 9.80 Å². The van der Waals surface area contributed by atoms with Crippen LogP contribution in [-0.2, 0) is 14.3 Å². The number of hydrogen-bond acceptors (Lipinski definition) is 6. The van der Waals surface area contributed by atoms with Gasteiger partial charge in [-0.05, 0) is 42.1 Å². The molecular formula is C21H22FN3O3S. The first-order chi connectivity index (χ1) is 14.1. The highest BCUT2D eigenvalue weighted by Crippen LogP contribution is 2.32. The van der Waals surface area contributed by atoms with E-state index in [2.05, 4.69) is 10.2 Å². The number of benzene rings is 1. The second-order valence-electron chi connectivity index (χ2n) is 6.93. The van der Waals surface area contributed by atoms with Gasteiger partial charge in [0.1, 0.15) is 11.5 Å². The largest absolute Gasteiger partial charge is 0.379 e. The Balaban J connectivity index is 1.50. The number of thiophene rings is 1. The molecule has 29 heavy (non-hydrogen) atoms. The van der Waals surface area contributed by atoms with E-state index in [1.165, 1.54) is 28.4 Å². The first-order valence-electron chi connectivity index (χ1n) is 9.60. The van der Waals surface area contributed by atoms with Gasteiger partial charge in [0.05, 0.1) is 18.8 Å². The van der Waals surface area contributed by atoms with E-state index >= 15 is 0 Å². The Hall–Kier alpha value is -2.55. The molecule has 2 amide bonds. The Bertz CT molecular complexity index is 906. The van der Waals surface area contributed by atoms with Crippen molar-refractivity contribution in [2.24, 2.45) is 0 Å². The van der Waals surface area contributed by atoms with Crippen molar-refractivity contribution in [3.05, 3.63) is 58.2 Å². The number of halogens is 1. The second-order valence-corrected chi connectivity index (χ2v) is 7.88. The van der Waals surface area contributed by atoms with Gasteiger partial charge < -0.3 is 10.1 Å². The molecule has 3 heterocycles. The van der Waals surface area contributed by atoms with E-state index in [1.54, 1.807) is 12.1 Å². The van der Waals surface area contributed by atoms with Crippen molar-refractivity contribution in [2.75, 3.05) is 44.7 Å². The van der Waals surface area contributed by atoms with Crippen LogP contribution in [0.2, 0.25) is 0 Å². The normalized spacial score (nSPS) is 18.0. The van der Waals surface area contributed by atoms with Crippen LogP contribution in [0.3, 0.4) is 0 Å². The molecule has 0 radical (unpaired) electrons. The van der Waals surface area contributed by atoms with Crippen molar-refractivity contribution in [3.63, 3.8) is 0 Å². The lowest BCUT2D eigenvalue weighted by Crippen LogP contribution is -2.39. The topological polar surface area (TPSA) is 61.9 Å². The summed E-state index contributed by atoms with van der Waals surface area (Å²) in [5, 5.41) is 4.91. The minimum absolute atomic E-state index is 0.246. The van der Waals surface area contributed by atoms with Crippen LogP contribution in [0.25, 0.3) is 5.57 Å². The molecule has 2 aliphatic heterocycles. The molecule has 8 heteroatoms. The summed E-state index contributed by atoms with van der Waals surface area (Å²) in [6.07, 6.45) is 0.707. The Morgan fingerprint density at radius 2 is 1.79 bits per heavy atom. The van der Waals surface area contributed by atoms with Crippen LogP contribution in [0, 0.1) is 5.82 Å². The minimum atomic E-state index is -0.360. The van der Waals surface area contributed by atoms with Gasteiger partial charge in [0.2, 0.25) is 0 Å². The van der Waals surface area contributed by atoms with Gasteiger partial charge in [0.15, 0.2) is 0 Å². The Morgan fingerprint density at radius 3 is 2.48 bits per heavy atom. The molecule has 0 bridgehead atoms. The second kappa shape index (κ2) is 8.86. The lowest BCUT2D eigenvalue weighted by molar-refractivity contribution is -0.136. The summed E-state index contributed by atoms with van der Waals surface area (Å²) < 4.78 is 18.6. The van der Waals surface area contributed by atoms with Crippen LogP contribution in [-0.4, -0.2) is 61.0 Å². The zero-order valence-electron chi connectivity index (χ0n) is 15.9. The average Bonchev–Trinajstić information content (AvgIpc) is 3.33. The number of carbonyl (C=O) groups excluding carboxylic acids is 2. The van der Waals surface area contributed by atoms with Crippen LogP contribution in [0.4, 0.5) is 10.1 Å². The van der Waals surface area contributed by atoms with Gasteiger partial charge in [-0.2, -0.15) is 0 Å². The number of nitrogens with one attached hydrogen (secondary N) is 1. The highest BCUT2D eigenvalue weighted by atomic mass is 32.1. The third-order valence-corrected chi connectivity index (χ3v) is 5.90. The smallest absolute Gasteiger partial charge is 0.278 e. The van der Waals surface area contributed by atoms with Crippen molar-refractivity contribution in [3.8, 4) is 0 Å². The zero-order valence-corrected chi connectivity index (χ0v) is 16.7. The molecule has 0 aliphatic carbocycles. The van der Waals surface area contributed by atoms with E-state index in [9.17, 15) is 14.0 Å². The van der Waals surface area contributed by atoms with Crippen molar-refractivity contribution in [1.29, 1.82) is 0 Å². The maximum absolute atomic E-state index is 13.2. The first kappa shape index (κ1) is 19.8. The molecule has 6 nitrogen and oxygen atoms in total. The third-order valence-electron chi connectivity index (χ3n) is 5.01. The van der Waals surface area contributed by atoms with E-state index in [0.29, 0.717) is 24.2 Å². The number of hydrogen-bond donors (Lipinski definition) is 1. The molecule has 1 fully saturated rings. The minimum Gasteiger partial charge on any atom is -0.379 e. The predicted octanol–water partition coefficient (Wildman–Crippen LogP) is 2.80. The number of imide groups is 1. The summed E-state index contributed by atoms with van der Waals surface area (Å²) in [5.41, 5.74) is 1.18. The maximum Gasteiger partial charge on any atom is 0.278 e. The van der Waals surface area contributed by atoms with E-state index in [0.717, 1.165) is 37.7 Å². The summed E-state index contributed by atoms with van der Waals surface area (Å²) in [7, 11) is 0. The molecule has 4 rings (SSSR count). The maximum atomic E-state index is 13.2. The molecule has 0 saturated carbocycles. The molecule has 1 aromatic carbocycles. The fourth-order valence-electron chi connectivity index (χ4n) is 3.50. The van der Waals surface area contributed by atoms with Crippen molar-refractivity contribution >= 4 is 34.4 Å². The summed E-state index contributed by atoms with van der Waals surface area (Å²) in [6, 6.07) is 9.40. The molecule has 0 atom stereocenters. The van der Waals surface area contributed by atoms with Gasteiger partial charge in [-0.25, -0.2) is 4.39 Å². The molecule has 0 spiro atoms. The van der Waals surface area contributed by atoms with Crippen molar-refractivity contribution in [2.45, 2.75) is 6.42 Å². The van der Waals surface area contributed by atoms with E-state index < -0.39 is 0 Å². The lowest BCUT2D eigenvalue weighted by atomic mass is 10.2. The number of morpholine rings is 1. The SMILES string of the molecule is O=C1C(Nc2ccc(F)cc2)=C(c2cccs2)C(=O)N1CCCN1CCOCC1. The van der Waals surface area contributed by atoms with Crippen LogP contribution < -0.4 is 5.32 Å². The van der Waals surface area contributed by atoms with Gasteiger partial charge in [-0.3, -0.25) is 19.4 Å². The highest BCUT2D eigenvalue weighted by Gasteiger charge is 2.39. The Morgan fingerprint density at radius 1 is 1.03 bits per heavy atom. The number of nitrogens with zero attached hydrogens (tertiary/aromatic N) is 2. The molecule has 1 aromatic heterocycles. The number of anilines is 1. The molecule has 1 saturated heterocycles. The number of amides is 2. The number of carbonyl (C=O) groups is 2. The monoisotopic (exact) mass is 415 g/mol. The van der Waals surface area contributed by atoms with E-state index in [-0.39, 0.29) is 23.3 Å². The zero-order chi connectivity index (χ0) is 20.2. The summed E-state index contributed by atoms with van der Waals surface area (Å²) in [5.74, 6) is -0.990. The third kappa shape index (κ3) is 4.39. The standard InChI is InChI=1S/C21H22FN3O3S/c22-15-4-6-16(7-5-15)23-19-18(17-3-1-14-29-17)20(26)25(21(19)27)9-2-8-24-10-12-28-13-11-24/h1,3-7,14,23H,2,8-13H2. The van der Waals surface area contributed by atoms with Gasteiger partial charge in [0.25, 0.3) is 11.8 Å². The summed E-state index contributed by atoms with van der Waals surface area (Å²) in [6.45, 7) is 4.36. The first-order valence-corrected chi connectivity index (χ1v) is 10.5. The lowest BCUT2D eigenvalue weighted by Gasteiger charge is -2.27. The van der Waals surface area contributed by atoms with Crippen LogP contribution in [0.5, 0.6) is 0 Å². The van der Waals surface area contributed by atoms with Gasteiger partial charge >= 0.3 is 0 Å². The van der Waals surface area contributed by atoms with Crippen molar-refractivity contribution < 1.29 is 18.7 Å².